The Bertz CT molecular complexity index is 343. The van der Waals surface area contributed by atoms with E-state index in [2.05, 4.69) is 5.32 Å². The van der Waals surface area contributed by atoms with Gasteiger partial charge in [-0.05, 0) is 30.5 Å². The number of hydrogen-bond donors (Lipinski definition) is 2. The van der Waals surface area contributed by atoms with Crippen molar-refractivity contribution < 1.29 is 9.90 Å². The van der Waals surface area contributed by atoms with Crippen LogP contribution in [0.25, 0.3) is 0 Å². The fourth-order valence-electron chi connectivity index (χ4n) is 1.97. The fraction of sp³-hybridized carbons (Fsp3) is 0.364. The molecule has 0 amide bonds. The quantitative estimate of drug-likeness (QED) is 0.744. The Hall–Kier alpha value is -1.35. The van der Waals surface area contributed by atoms with Crippen LogP contribution in [0.3, 0.4) is 0 Å². The number of carboxylic acid groups (broad SMARTS) is 1. The molecule has 14 heavy (non-hydrogen) atoms. The van der Waals surface area contributed by atoms with Crippen molar-refractivity contribution in [1.29, 1.82) is 0 Å². The lowest BCUT2D eigenvalue weighted by atomic mass is 9.93. The third-order valence-electron chi connectivity index (χ3n) is 2.69. The fourth-order valence-corrected chi connectivity index (χ4v) is 1.97. The van der Waals surface area contributed by atoms with Crippen LogP contribution in [-0.4, -0.2) is 24.2 Å². The largest absolute Gasteiger partial charge is 0.478 e. The summed E-state index contributed by atoms with van der Waals surface area (Å²) in [5, 5.41) is 12.2. The number of rotatable bonds is 2. The third-order valence-corrected chi connectivity index (χ3v) is 2.69. The van der Waals surface area contributed by atoms with Crippen molar-refractivity contribution in [3.63, 3.8) is 0 Å². The summed E-state index contributed by atoms with van der Waals surface area (Å²) in [6.45, 7) is 1.88. The van der Waals surface area contributed by atoms with Crippen LogP contribution in [0.1, 0.15) is 28.3 Å². The first kappa shape index (κ1) is 9.21. The number of carboxylic acids is 1. The first-order valence-corrected chi connectivity index (χ1v) is 4.82. The van der Waals surface area contributed by atoms with Gasteiger partial charge < -0.3 is 10.4 Å². The molecule has 1 heterocycles. The molecular formula is C11H13NO2. The van der Waals surface area contributed by atoms with E-state index in [9.17, 15) is 4.79 Å². The molecule has 2 rings (SSSR count). The van der Waals surface area contributed by atoms with Crippen LogP contribution in [0.2, 0.25) is 0 Å². The Morgan fingerprint density at radius 1 is 1.43 bits per heavy atom. The Morgan fingerprint density at radius 2 is 2.21 bits per heavy atom. The van der Waals surface area contributed by atoms with Crippen molar-refractivity contribution in [1.82, 2.24) is 5.32 Å². The average molecular weight is 191 g/mol. The molecule has 3 nitrogen and oxygen atoms in total. The van der Waals surface area contributed by atoms with Crippen LogP contribution in [0.5, 0.6) is 0 Å². The molecule has 1 aliphatic rings. The van der Waals surface area contributed by atoms with Gasteiger partial charge in [0.1, 0.15) is 0 Å². The molecule has 0 aliphatic carbocycles. The van der Waals surface area contributed by atoms with Crippen molar-refractivity contribution >= 4 is 5.97 Å². The molecule has 0 saturated carbocycles. The summed E-state index contributed by atoms with van der Waals surface area (Å²) >= 11 is 0. The van der Waals surface area contributed by atoms with Crippen LogP contribution >= 0.6 is 0 Å². The second-order valence-corrected chi connectivity index (χ2v) is 3.58. The molecule has 0 aromatic heterocycles. The maximum atomic E-state index is 11.0. The predicted octanol–water partition coefficient (Wildman–Crippen LogP) is 1.46. The van der Waals surface area contributed by atoms with Crippen molar-refractivity contribution in [2.45, 2.75) is 12.3 Å². The standard InChI is InChI=1S/C11H13NO2/c13-11(14)10-4-2-1-3-9(10)8-5-6-12-7-8/h1-4,8,12H,5-7H2,(H,13,14). The lowest BCUT2D eigenvalue weighted by molar-refractivity contribution is 0.0695. The molecule has 1 saturated heterocycles. The number of hydrogen-bond acceptors (Lipinski definition) is 2. The van der Waals surface area contributed by atoms with Gasteiger partial charge in [-0.25, -0.2) is 4.79 Å². The van der Waals surface area contributed by atoms with Crippen LogP contribution in [-0.2, 0) is 0 Å². The molecule has 74 valence electrons. The van der Waals surface area contributed by atoms with Crippen LogP contribution in [0.4, 0.5) is 0 Å². The molecule has 1 aliphatic heterocycles. The highest BCUT2D eigenvalue weighted by Gasteiger charge is 2.21. The second kappa shape index (κ2) is 3.80. The van der Waals surface area contributed by atoms with E-state index < -0.39 is 5.97 Å². The van der Waals surface area contributed by atoms with E-state index in [-0.39, 0.29) is 0 Å². The normalized spacial score (nSPS) is 21.0. The molecule has 1 fully saturated rings. The van der Waals surface area contributed by atoms with Gasteiger partial charge in [-0.2, -0.15) is 0 Å². The predicted molar refractivity (Wildman–Crippen MR) is 53.6 cm³/mol. The summed E-state index contributed by atoms with van der Waals surface area (Å²) in [7, 11) is 0. The van der Waals surface area contributed by atoms with Crippen LogP contribution in [0.15, 0.2) is 24.3 Å². The number of aromatic carboxylic acids is 1. The lowest BCUT2D eigenvalue weighted by Gasteiger charge is -2.11. The maximum absolute atomic E-state index is 11.0. The molecule has 0 radical (unpaired) electrons. The Kier molecular flexibility index (Phi) is 2.50. The van der Waals surface area contributed by atoms with E-state index in [1.807, 2.05) is 12.1 Å². The molecule has 3 heteroatoms. The zero-order chi connectivity index (χ0) is 9.97. The van der Waals surface area contributed by atoms with Crippen molar-refractivity contribution in [2.75, 3.05) is 13.1 Å². The summed E-state index contributed by atoms with van der Waals surface area (Å²) in [4.78, 5) is 11.0. The minimum atomic E-state index is -0.826. The molecule has 0 spiro atoms. The monoisotopic (exact) mass is 191 g/mol. The highest BCUT2D eigenvalue weighted by molar-refractivity contribution is 5.89. The highest BCUT2D eigenvalue weighted by Crippen LogP contribution is 2.25. The van der Waals surface area contributed by atoms with E-state index in [0.717, 1.165) is 25.1 Å². The average Bonchev–Trinajstić information content (AvgIpc) is 2.70. The highest BCUT2D eigenvalue weighted by atomic mass is 16.4. The minimum Gasteiger partial charge on any atom is -0.478 e. The Labute approximate surface area is 82.8 Å². The van der Waals surface area contributed by atoms with Crippen molar-refractivity contribution in [3.8, 4) is 0 Å². The lowest BCUT2D eigenvalue weighted by Crippen LogP contribution is -2.11. The van der Waals surface area contributed by atoms with Gasteiger partial charge in [0.25, 0.3) is 0 Å². The zero-order valence-electron chi connectivity index (χ0n) is 7.86. The van der Waals surface area contributed by atoms with Gasteiger partial charge in [0.05, 0.1) is 5.56 Å². The smallest absolute Gasteiger partial charge is 0.335 e. The van der Waals surface area contributed by atoms with E-state index in [4.69, 9.17) is 5.11 Å². The first-order chi connectivity index (χ1) is 6.79. The topological polar surface area (TPSA) is 49.3 Å². The summed E-state index contributed by atoms with van der Waals surface area (Å²) in [6, 6.07) is 7.27. The first-order valence-electron chi connectivity index (χ1n) is 4.82. The molecule has 1 aromatic carbocycles. The molecule has 1 unspecified atom stereocenters. The van der Waals surface area contributed by atoms with Gasteiger partial charge in [-0.3, -0.25) is 0 Å². The van der Waals surface area contributed by atoms with Gasteiger partial charge >= 0.3 is 5.97 Å². The van der Waals surface area contributed by atoms with Gasteiger partial charge in [-0.1, -0.05) is 18.2 Å². The Morgan fingerprint density at radius 3 is 2.86 bits per heavy atom. The van der Waals surface area contributed by atoms with E-state index in [1.54, 1.807) is 12.1 Å². The summed E-state index contributed by atoms with van der Waals surface area (Å²) in [5.74, 6) is -0.463. The number of nitrogens with one attached hydrogen (secondary N) is 1. The van der Waals surface area contributed by atoms with E-state index in [1.165, 1.54) is 0 Å². The van der Waals surface area contributed by atoms with Gasteiger partial charge in [-0.15, -0.1) is 0 Å². The second-order valence-electron chi connectivity index (χ2n) is 3.58. The minimum absolute atomic E-state index is 0.363. The maximum Gasteiger partial charge on any atom is 0.335 e. The Balaban J connectivity index is 2.35. The van der Waals surface area contributed by atoms with E-state index >= 15 is 0 Å². The molecule has 1 atom stereocenters. The molecule has 1 aromatic rings. The summed E-state index contributed by atoms with van der Waals surface area (Å²) in [6.07, 6.45) is 1.03. The zero-order valence-corrected chi connectivity index (χ0v) is 7.86. The third kappa shape index (κ3) is 1.63. The molecule has 0 bridgehead atoms. The van der Waals surface area contributed by atoms with Gasteiger partial charge in [0.15, 0.2) is 0 Å². The van der Waals surface area contributed by atoms with Crippen molar-refractivity contribution in [2.24, 2.45) is 0 Å². The summed E-state index contributed by atoms with van der Waals surface area (Å²) in [5.41, 5.74) is 1.41. The molecule has 2 N–H and O–H groups in total. The number of benzene rings is 1. The molecular weight excluding hydrogens is 178 g/mol. The van der Waals surface area contributed by atoms with Gasteiger partial charge in [0.2, 0.25) is 0 Å². The van der Waals surface area contributed by atoms with E-state index in [0.29, 0.717) is 11.5 Å². The SMILES string of the molecule is O=C(O)c1ccccc1C1CCNC1. The van der Waals surface area contributed by atoms with Crippen LogP contribution < -0.4 is 5.32 Å². The number of carbonyl (C=O) groups is 1. The van der Waals surface area contributed by atoms with Gasteiger partial charge in [0, 0.05) is 6.54 Å². The summed E-state index contributed by atoms with van der Waals surface area (Å²) < 4.78 is 0. The van der Waals surface area contributed by atoms with Crippen LogP contribution in [0, 0.1) is 0 Å². The van der Waals surface area contributed by atoms with Crippen molar-refractivity contribution in [3.05, 3.63) is 35.4 Å².